The maximum atomic E-state index is 5.92. The number of nitrogens with zero attached hydrogens (tertiary/aromatic N) is 1. The number of hydrogen-bond donors (Lipinski definition) is 2. The molecule has 0 radical (unpaired) electrons. The first-order valence-electron chi connectivity index (χ1n) is 5.66. The molecule has 0 saturated carbocycles. The fourth-order valence-corrected chi connectivity index (χ4v) is 1.78. The van der Waals surface area contributed by atoms with Crippen molar-refractivity contribution in [3.8, 4) is 0 Å². The number of rotatable bonds is 3. The van der Waals surface area contributed by atoms with E-state index in [2.05, 4.69) is 22.4 Å². The lowest BCUT2D eigenvalue weighted by molar-refractivity contribution is 1.12. The molecule has 0 bridgehead atoms. The topological polar surface area (TPSA) is 50.9 Å². The minimum Gasteiger partial charge on any atom is -0.398 e. The van der Waals surface area contributed by atoms with E-state index >= 15 is 0 Å². The normalized spacial score (nSPS) is 10.2. The van der Waals surface area contributed by atoms with Crippen molar-refractivity contribution < 1.29 is 0 Å². The van der Waals surface area contributed by atoms with Crippen LogP contribution in [0.15, 0.2) is 36.7 Å². The van der Waals surface area contributed by atoms with Crippen LogP contribution in [0.25, 0.3) is 0 Å². The average molecular weight is 227 g/mol. The van der Waals surface area contributed by atoms with Crippen LogP contribution in [0.4, 0.5) is 11.4 Å². The second kappa shape index (κ2) is 4.87. The molecule has 1 aromatic carbocycles. The number of benzene rings is 1. The standard InChI is InChI=1S/C14H17N3/c1-10-7-13(8-11(2)14(10)15)17-9-12-3-5-16-6-4-12/h3-8,17H,9,15H2,1-2H3. The van der Waals surface area contributed by atoms with Crippen molar-refractivity contribution in [1.29, 1.82) is 0 Å². The molecule has 88 valence electrons. The Hall–Kier alpha value is -2.03. The summed E-state index contributed by atoms with van der Waals surface area (Å²) in [6, 6.07) is 8.15. The predicted molar refractivity (Wildman–Crippen MR) is 71.9 cm³/mol. The van der Waals surface area contributed by atoms with E-state index in [1.165, 1.54) is 5.56 Å². The van der Waals surface area contributed by atoms with Gasteiger partial charge in [-0.15, -0.1) is 0 Å². The third-order valence-electron chi connectivity index (χ3n) is 2.84. The summed E-state index contributed by atoms with van der Waals surface area (Å²) < 4.78 is 0. The molecule has 0 fully saturated rings. The molecule has 3 N–H and O–H groups in total. The quantitative estimate of drug-likeness (QED) is 0.793. The van der Waals surface area contributed by atoms with E-state index in [1.807, 2.05) is 26.0 Å². The monoisotopic (exact) mass is 227 g/mol. The molecule has 3 heteroatoms. The van der Waals surface area contributed by atoms with Gasteiger partial charge >= 0.3 is 0 Å². The van der Waals surface area contributed by atoms with Gasteiger partial charge in [-0.3, -0.25) is 4.98 Å². The number of pyridine rings is 1. The fraction of sp³-hybridized carbons (Fsp3) is 0.214. The first-order chi connectivity index (χ1) is 8.16. The van der Waals surface area contributed by atoms with Gasteiger partial charge in [0.25, 0.3) is 0 Å². The highest BCUT2D eigenvalue weighted by molar-refractivity contribution is 5.61. The lowest BCUT2D eigenvalue weighted by Crippen LogP contribution is -2.02. The van der Waals surface area contributed by atoms with E-state index in [4.69, 9.17) is 5.73 Å². The summed E-state index contributed by atoms with van der Waals surface area (Å²) >= 11 is 0. The van der Waals surface area contributed by atoms with Crippen LogP contribution in [0.3, 0.4) is 0 Å². The van der Waals surface area contributed by atoms with Gasteiger partial charge in [-0.2, -0.15) is 0 Å². The zero-order valence-electron chi connectivity index (χ0n) is 10.2. The van der Waals surface area contributed by atoms with Crippen LogP contribution in [-0.4, -0.2) is 4.98 Å². The average Bonchev–Trinajstić information content (AvgIpc) is 2.34. The second-order valence-electron chi connectivity index (χ2n) is 4.23. The molecule has 0 saturated heterocycles. The molecular formula is C14H17N3. The van der Waals surface area contributed by atoms with Gasteiger partial charge in [0.05, 0.1) is 0 Å². The fourth-order valence-electron chi connectivity index (χ4n) is 1.78. The molecule has 0 aliphatic rings. The van der Waals surface area contributed by atoms with Gasteiger partial charge in [-0.1, -0.05) is 0 Å². The summed E-state index contributed by atoms with van der Waals surface area (Å²) in [6.07, 6.45) is 3.60. The summed E-state index contributed by atoms with van der Waals surface area (Å²) in [7, 11) is 0. The minimum atomic E-state index is 0.797. The summed E-state index contributed by atoms with van der Waals surface area (Å²) in [5.74, 6) is 0. The van der Waals surface area contributed by atoms with Crippen molar-refractivity contribution in [3.05, 3.63) is 53.3 Å². The largest absolute Gasteiger partial charge is 0.398 e. The van der Waals surface area contributed by atoms with Gasteiger partial charge in [0.2, 0.25) is 0 Å². The van der Waals surface area contributed by atoms with E-state index in [1.54, 1.807) is 12.4 Å². The van der Waals surface area contributed by atoms with Crippen molar-refractivity contribution in [2.75, 3.05) is 11.1 Å². The summed E-state index contributed by atoms with van der Waals surface area (Å²) in [5, 5.41) is 3.39. The van der Waals surface area contributed by atoms with Crippen molar-refractivity contribution >= 4 is 11.4 Å². The molecule has 3 nitrogen and oxygen atoms in total. The van der Waals surface area contributed by atoms with Gasteiger partial charge in [0, 0.05) is 30.3 Å². The Morgan fingerprint density at radius 1 is 1.12 bits per heavy atom. The number of anilines is 2. The molecule has 2 aromatic rings. The zero-order valence-corrected chi connectivity index (χ0v) is 10.2. The molecule has 0 spiro atoms. The van der Waals surface area contributed by atoms with Crippen molar-refractivity contribution in [2.45, 2.75) is 20.4 Å². The number of nitrogens with one attached hydrogen (secondary N) is 1. The number of nitrogens with two attached hydrogens (primary N) is 1. The van der Waals surface area contributed by atoms with Gasteiger partial charge in [0.15, 0.2) is 0 Å². The Bertz CT molecular complexity index is 483. The molecule has 0 amide bonds. The summed E-state index contributed by atoms with van der Waals surface area (Å²) in [6.45, 7) is 4.85. The van der Waals surface area contributed by atoms with E-state index in [0.717, 1.165) is 29.0 Å². The van der Waals surface area contributed by atoms with Crippen molar-refractivity contribution in [2.24, 2.45) is 0 Å². The van der Waals surface area contributed by atoms with Crippen molar-refractivity contribution in [3.63, 3.8) is 0 Å². The second-order valence-corrected chi connectivity index (χ2v) is 4.23. The van der Waals surface area contributed by atoms with Crippen LogP contribution in [0.1, 0.15) is 16.7 Å². The predicted octanol–water partition coefficient (Wildman–Crippen LogP) is 2.89. The molecule has 0 atom stereocenters. The first kappa shape index (κ1) is 11.5. The number of aryl methyl sites for hydroxylation is 2. The highest BCUT2D eigenvalue weighted by Gasteiger charge is 2.01. The lowest BCUT2D eigenvalue weighted by atomic mass is 10.1. The molecular weight excluding hydrogens is 210 g/mol. The van der Waals surface area contributed by atoms with Crippen LogP contribution in [0.2, 0.25) is 0 Å². The lowest BCUT2D eigenvalue weighted by Gasteiger charge is -2.11. The Kier molecular flexibility index (Phi) is 3.28. The number of hydrogen-bond acceptors (Lipinski definition) is 3. The third kappa shape index (κ3) is 2.75. The minimum absolute atomic E-state index is 0.797. The Labute approximate surface area is 102 Å². The van der Waals surface area contributed by atoms with Crippen LogP contribution < -0.4 is 11.1 Å². The Morgan fingerprint density at radius 3 is 2.29 bits per heavy atom. The van der Waals surface area contributed by atoms with Crippen LogP contribution in [-0.2, 0) is 6.54 Å². The summed E-state index contributed by atoms with van der Waals surface area (Å²) in [5.41, 5.74) is 11.3. The molecule has 0 aliphatic carbocycles. The molecule has 2 rings (SSSR count). The van der Waals surface area contributed by atoms with Crippen LogP contribution in [0.5, 0.6) is 0 Å². The first-order valence-corrected chi connectivity index (χ1v) is 5.66. The highest BCUT2D eigenvalue weighted by Crippen LogP contribution is 2.22. The van der Waals surface area contributed by atoms with E-state index in [0.29, 0.717) is 0 Å². The molecule has 0 unspecified atom stereocenters. The maximum absolute atomic E-state index is 5.92. The SMILES string of the molecule is Cc1cc(NCc2ccncc2)cc(C)c1N. The molecule has 1 aromatic heterocycles. The zero-order chi connectivity index (χ0) is 12.3. The van der Waals surface area contributed by atoms with Gasteiger partial charge in [0.1, 0.15) is 0 Å². The molecule has 0 aliphatic heterocycles. The number of aromatic nitrogens is 1. The van der Waals surface area contributed by atoms with Gasteiger partial charge in [-0.25, -0.2) is 0 Å². The third-order valence-corrected chi connectivity index (χ3v) is 2.84. The molecule has 17 heavy (non-hydrogen) atoms. The smallest absolute Gasteiger partial charge is 0.0401 e. The van der Waals surface area contributed by atoms with E-state index < -0.39 is 0 Å². The Balaban J connectivity index is 2.10. The van der Waals surface area contributed by atoms with Gasteiger partial charge in [-0.05, 0) is 54.8 Å². The molecule has 1 heterocycles. The summed E-state index contributed by atoms with van der Waals surface area (Å²) in [4.78, 5) is 4.00. The Morgan fingerprint density at radius 2 is 1.71 bits per heavy atom. The van der Waals surface area contributed by atoms with Crippen LogP contribution >= 0.6 is 0 Å². The van der Waals surface area contributed by atoms with Gasteiger partial charge < -0.3 is 11.1 Å². The highest BCUT2D eigenvalue weighted by atomic mass is 14.9. The van der Waals surface area contributed by atoms with E-state index in [9.17, 15) is 0 Å². The van der Waals surface area contributed by atoms with Crippen LogP contribution in [0, 0.1) is 13.8 Å². The number of nitrogen functional groups attached to an aromatic ring is 1. The van der Waals surface area contributed by atoms with E-state index in [-0.39, 0.29) is 0 Å². The van der Waals surface area contributed by atoms with Crippen molar-refractivity contribution in [1.82, 2.24) is 4.98 Å². The maximum Gasteiger partial charge on any atom is 0.0401 e.